The molecule has 0 spiro atoms. The molecular formula is C13H16ClN3OS. The summed E-state index contributed by atoms with van der Waals surface area (Å²) >= 11 is 7.47. The van der Waals surface area contributed by atoms with Crippen molar-refractivity contribution in [3.63, 3.8) is 0 Å². The molecule has 0 saturated carbocycles. The van der Waals surface area contributed by atoms with E-state index < -0.39 is 0 Å². The van der Waals surface area contributed by atoms with Gasteiger partial charge in [-0.1, -0.05) is 16.8 Å². The van der Waals surface area contributed by atoms with Gasteiger partial charge < -0.3 is 10.3 Å². The topological polar surface area (TPSA) is 64.9 Å². The number of nitrogens with zero attached hydrogens (tertiary/aromatic N) is 2. The summed E-state index contributed by atoms with van der Waals surface area (Å²) in [6, 6.07) is 7.67. The molecule has 0 aliphatic carbocycles. The molecule has 0 atom stereocenters. The van der Waals surface area contributed by atoms with E-state index in [1.807, 2.05) is 38.1 Å². The molecule has 0 radical (unpaired) electrons. The van der Waals surface area contributed by atoms with Crippen LogP contribution < -0.4 is 5.73 Å². The van der Waals surface area contributed by atoms with Crippen LogP contribution in [0, 0.1) is 0 Å². The lowest BCUT2D eigenvalue weighted by Gasteiger charge is -2.14. The third-order valence-corrected chi connectivity index (χ3v) is 3.56. The van der Waals surface area contributed by atoms with Crippen molar-refractivity contribution >= 4 is 23.4 Å². The molecule has 2 N–H and O–H groups in total. The van der Waals surface area contributed by atoms with Crippen LogP contribution in [0.1, 0.15) is 25.6 Å². The van der Waals surface area contributed by atoms with E-state index in [9.17, 15) is 0 Å². The fraction of sp³-hybridized carbons (Fsp3) is 0.385. The predicted octanol–water partition coefficient (Wildman–Crippen LogP) is 3.30. The lowest BCUT2D eigenvalue weighted by atomic mass is 10.0. The van der Waals surface area contributed by atoms with Gasteiger partial charge in [0.05, 0.1) is 5.75 Å². The average molecular weight is 298 g/mol. The number of hydrogen-bond acceptors (Lipinski definition) is 5. The van der Waals surface area contributed by atoms with Crippen molar-refractivity contribution in [1.82, 2.24) is 10.1 Å². The Kier molecular flexibility index (Phi) is 4.50. The molecule has 2 rings (SSSR count). The third-order valence-electron chi connectivity index (χ3n) is 2.30. The van der Waals surface area contributed by atoms with Crippen molar-refractivity contribution in [2.75, 3.05) is 0 Å². The van der Waals surface area contributed by atoms with E-state index in [-0.39, 0.29) is 5.54 Å². The molecule has 102 valence electrons. The van der Waals surface area contributed by atoms with Gasteiger partial charge in [0.2, 0.25) is 5.89 Å². The van der Waals surface area contributed by atoms with E-state index in [0.29, 0.717) is 23.9 Å². The number of aromatic nitrogens is 2. The van der Waals surface area contributed by atoms with Crippen LogP contribution in [0.15, 0.2) is 33.7 Å². The minimum absolute atomic E-state index is 0.340. The molecule has 0 saturated heterocycles. The summed E-state index contributed by atoms with van der Waals surface area (Å²) in [5, 5.41) is 4.68. The molecule has 0 amide bonds. The number of thioether (sulfide) groups is 1. The van der Waals surface area contributed by atoms with Crippen molar-refractivity contribution in [2.45, 2.75) is 36.5 Å². The second kappa shape index (κ2) is 5.94. The number of nitrogens with two attached hydrogens (primary N) is 1. The highest BCUT2D eigenvalue weighted by Gasteiger charge is 2.17. The zero-order chi connectivity index (χ0) is 13.9. The Morgan fingerprint density at radius 1 is 1.32 bits per heavy atom. The molecule has 0 fully saturated rings. The molecular weight excluding hydrogens is 282 g/mol. The predicted molar refractivity (Wildman–Crippen MR) is 77.3 cm³/mol. The van der Waals surface area contributed by atoms with Gasteiger partial charge in [-0.2, -0.15) is 4.98 Å². The van der Waals surface area contributed by atoms with Crippen molar-refractivity contribution in [3.8, 4) is 0 Å². The van der Waals surface area contributed by atoms with Crippen LogP contribution in [0.25, 0.3) is 0 Å². The van der Waals surface area contributed by atoms with Gasteiger partial charge in [-0.3, -0.25) is 0 Å². The van der Waals surface area contributed by atoms with E-state index >= 15 is 0 Å². The van der Waals surface area contributed by atoms with Crippen LogP contribution in [0.4, 0.5) is 0 Å². The van der Waals surface area contributed by atoms with E-state index in [1.54, 1.807) is 11.8 Å². The number of rotatable bonds is 5. The SMILES string of the molecule is CC(C)(N)Cc1nc(CSc2ccc(Cl)cc2)no1. The molecule has 19 heavy (non-hydrogen) atoms. The maximum Gasteiger partial charge on any atom is 0.228 e. The standard InChI is InChI=1S/C13H16ClN3OS/c1-13(2,15)7-12-16-11(17-18-12)8-19-10-5-3-9(14)4-6-10/h3-6H,7-8,15H2,1-2H3. The first kappa shape index (κ1) is 14.4. The van der Waals surface area contributed by atoms with Gasteiger partial charge in [0.15, 0.2) is 5.82 Å². The monoisotopic (exact) mass is 297 g/mol. The van der Waals surface area contributed by atoms with Crippen LogP contribution in [0.2, 0.25) is 5.02 Å². The van der Waals surface area contributed by atoms with Crippen molar-refractivity contribution in [2.24, 2.45) is 5.73 Å². The van der Waals surface area contributed by atoms with Gasteiger partial charge >= 0.3 is 0 Å². The lowest BCUT2D eigenvalue weighted by molar-refractivity contribution is 0.345. The molecule has 1 heterocycles. The normalized spacial score (nSPS) is 11.8. The van der Waals surface area contributed by atoms with Crippen molar-refractivity contribution in [1.29, 1.82) is 0 Å². The Balaban J connectivity index is 1.91. The highest BCUT2D eigenvalue weighted by molar-refractivity contribution is 7.98. The van der Waals surface area contributed by atoms with Gasteiger partial charge in [0, 0.05) is 21.9 Å². The van der Waals surface area contributed by atoms with Gasteiger partial charge in [0.1, 0.15) is 0 Å². The first-order chi connectivity index (χ1) is 8.92. The van der Waals surface area contributed by atoms with Crippen LogP contribution >= 0.6 is 23.4 Å². The second-order valence-electron chi connectivity index (χ2n) is 5.01. The fourth-order valence-corrected chi connectivity index (χ4v) is 2.36. The van der Waals surface area contributed by atoms with Crippen molar-refractivity contribution < 1.29 is 4.52 Å². The summed E-state index contributed by atoms with van der Waals surface area (Å²) in [6.45, 7) is 3.86. The van der Waals surface area contributed by atoms with Crippen LogP contribution in [0.5, 0.6) is 0 Å². The minimum atomic E-state index is -0.340. The molecule has 0 aliphatic heterocycles. The Hall–Kier alpha value is -1.04. The molecule has 0 unspecified atom stereocenters. The Bertz CT molecular complexity index is 534. The van der Waals surface area contributed by atoms with E-state index in [0.717, 1.165) is 9.92 Å². The largest absolute Gasteiger partial charge is 0.339 e. The summed E-state index contributed by atoms with van der Waals surface area (Å²) in [5.41, 5.74) is 5.57. The van der Waals surface area contributed by atoms with Crippen LogP contribution in [-0.2, 0) is 12.2 Å². The molecule has 4 nitrogen and oxygen atoms in total. The van der Waals surface area contributed by atoms with Crippen molar-refractivity contribution in [3.05, 3.63) is 41.0 Å². The number of hydrogen-bond donors (Lipinski definition) is 1. The van der Waals surface area contributed by atoms with E-state index in [1.165, 1.54) is 0 Å². The zero-order valence-corrected chi connectivity index (χ0v) is 12.5. The first-order valence-electron chi connectivity index (χ1n) is 5.91. The summed E-state index contributed by atoms with van der Waals surface area (Å²) in [5.74, 6) is 1.93. The Morgan fingerprint density at radius 2 is 2.00 bits per heavy atom. The molecule has 1 aromatic heterocycles. The number of halogens is 1. The van der Waals surface area contributed by atoms with Crippen LogP contribution in [-0.4, -0.2) is 15.7 Å². The number of benzene rings is 1. The maximum atomic E-state index is 5.91. The highest BCUT2D eigenvalue weighted by Crippen LogP contribution is 2.23. The average Bonchev–Trinajstić information content (AvgIpc) is 2.73. The van der Waals surface area contributed by atoms with Crippen LogP contribution in [0.3, 0.4) is 0 Å². The smallest absolute Gasteiger partial charge is 0.228 e. The lowest BCUT2D eigenvalue weighted by Crippen LogP contribution is -2.34. The molecule has 0 bridgehead atoms. The Labute approximate surface area is 121 Å². The first-order valence-corrected chi connectivity index (χ1v) is 7.27. The summed E-state index contributed by atoms with van der Waals surface area (Å²) < 4.78 is 5.17. The fourth-order valence-electron chi connectivity index (χ4n) is 1.49. The maximum absolute atomic E-state index is 5.91. The zero-order valence-electron chi connectivity index (χ0n) is 10.9. The van der Waals surface area contributed by atoms with E-state index in [2.05, 4.69) is 10.1 Å². The van der Waals surface area contributed by atoms with Gasteiger partial charge in [-0.05, 0) is 38.1 Å². The third kappa shape index (κ3) is 4.86. The molecule has 6 heteroatoms. The van der Waals surface area contributed by atoms with Gasteiger partial charge in [0.25, 0.3) is 0 Å². The summed E-state index contributed by atoms with van der Waals surface area (Å²) in [7, 11) is 0. The molecule has 0 aliphatic rings. The highest BCUT2D eigenvalue weighted by atomic mass is 35.5. The van der Waals surface area contributed by atoms with Gasteiger partial charge in [-0.15, -0.1) is 11.8 Å². The molecule has 1 aromatic carbocycles. The van der Waals surface area contributed by atoms with Gasteiger partial charge in [-0.25, -0.2) is 0 Å². The molecule has 2 aromatic rings. The summed E-state index contributed by atoms with van der Waals surface area (Å²) in [4.78, 5) is 5.44. The summed E-state index contributed by atoms with van der Waals surface area (Å²) in [6.07, 6.45) is 0.575. The quantitative estimate of drug-likeness (QED) is 0.858. The van der Waals surface area contributed by atoms with E-state index in [4.69, 9.17) is 21.9 Å². The minimum Gasteiger partial charge on any atom is -0.339 e. The Morgan fingerprint density at radius 3 is 2.63 bits per heavy atom. The second-order valence-corrected chi connectivity index (χ2v) is 6.50.